The van der Waals surface area contributed by atoms with Crippen molar-refractivity contribution in [2.45, 2.75) is 44.6 Å². The molecule has 0 bridgehead atoms. The van der Waals surface area contributed by atoms with Gasteiger partial charge in [0.25, 0.3) is 0 Å². The first kappa shape index (κ1) is 11.6. The zero-order chi connectivity index (χ0) is 12.5. The second-order valence-corrected chi connectivity index (χ2v) is 5.29. The van der Waals surface area contributed by atoms with E-state index in [0.29, 0.717) is 17.9 Å². The number of nitrogens with one attached hydrogen (secondary N) is 2. The summed E-state index contributed by atoms with van der Waals surface area (Å²) in [6.45, 7) is 2.98. The van der Waals surface area contributed by atoms with E-state index in [1.165, 1.54) is 0 Å². The summed E-state index contributed by atoms with van der Waals surface area (Å²) in [7, 11) is 0. The van der Waals surface area contributed by atoms with Crippen LogP contribution in [0.15, 0.2) is 4.42 Å². The Hall–Kier alpha value is -1.43. The van der Waals surface area contributed by atoms with Crippen molar-refractivity contribution >= 4 is 11.9 Å². The van der Waals surface area contributed by atoms with Gasteiger partial charge < -0.3 is 9.73 Å². The fourth-order valence-electron chi connectivity index (χ4n) is 2.36. The Labute approximate surface area is 106 Å². The smallest absolute Gasteiger partial charge is 0.322 e. The summed E-state index contributed by atoms with van der Waals surface area (Å²) in [5.74, 6) is 1.11. The van der Waals surface area contributed by atoms with Crippen LogP contribution in [-0.2, 0) is 4.79 Å². The minimum Gasteiger partial charge on any atom is -0.408 e. The predicted octanol–water partition coefficient (Wildman–Crippen LogP) is 1.27. The molecule has 1 aliphatic heterocycles. The number of hydrogen-bond donors (Lipinski definition) is 2. The molecule has 98 valence electrons. The molecule has 1 aromatic rings. The molecule has 6 heteroatoms. The maximum atomic E-state index is 12.0. The van der Waals surface area contributed by atoms with E-state index in [1.54, 1.807) is 0 Å². The second kappa shape index (κ2) is 4.68. The van der Waals surface area contributed by atoms with Gasteiger partial charge in [-0.15, -0.1) is 5.10 Å². The van der Waals surface area contributed by atoms with Crippen LogP contribution in [0.2, 0.25) is 0 Å². The number of carbonyl (C=O) groups is 1. The molecule has 0 aromatic carbocycles. The number of aromatic nitrogens is 2. The molecule has 6 nitrogen and oxygen atoms in total. The van der Waals surface area contributed by atoms with Gasteiger partial charge in [-0.05, 0) is 39.2 Å². The SMILES string of the molecule is CC1CC(C(=O)Nc2nnc(C3CC3)o2)CCN1. The lowest BCUT2D eigenvalue weighted by Crippen LogP contribution is -2.40. The molecule has 2 unspecified atom stereocenters. The fraction of sp³-hybridized carbons (Fsp3) is 0.750. The molecule has 0 radical (unpaired) electrons. The normalized spacial score (nSPS) is 28.1. The van der Waals surface area contributed by atoms with Crippen LogP contribution in [0.4, 0.5) is 6.01 Å². The van der Waals surface area contributed by atoms with Gasteiger partial charge >= 0.3 is 6.01 Å². The van der Waals surface area contributed by atoms with Crippen LogP contribution < -0.4 is 10.6 Å². The standard InChI is InChI=1S/C12H18N4O2/c1-7-6-9(4-5-13-7)10(17)14-12-16-15-11(18-12)8-2-3-8/h7-9,13H,2-6H2,1H3,(H,14,16,17). The number of anilines is 1. The highest BCUT2D eigenvalue weighted by Crippen LogP contribution is 2.39. The summed E-state index contributed by atoms with van der Waals surface area (Å²) in [6.07, 6.45) is 3.94. The molecule has 1 amide bonds. The zero-order valence-electron chi connectivity index (χ0n) is 10.5. The van der Waals surface area contributed by atoms with Crippen molar-refractivity contribution in [1.82, 2.24) is 15.5 Å². The second-order valence-electron chi connectivity index (χ2n) is 5.29. The Kier molecular flexibility index (Phi) is 3.03. The first-order chi connectivity index (χ1) is 8.72. The minimum absolute atomic E-state index is 0.00523. The van der Waals surface area contributed by atoms with E-state index in [9.17, 15) is 4.79 Å². The molecule has 1 saturated heterocycles. The highest BCUT2D eigenvalue weighted by molar-refractivity contribution is 5.90. The number of carbonyl (C=O) groups excluding carboxylic acids is 1. The van der Waals surface area contributed by atoms with Crippen LogP contribution in [0.1, 0.15) is 44.4 Å². The molecule has 2 N–H and O–H groups in total. The highest BCUT2D eigenvalue weighted by atomic mass is 16.4. The van der Waals surface area contributed by atoms with Gasteiger partial charge in [-0.3, -0.25) is 10.1 Å². The minimum atomic E-state index is -0.00523. The van der Waals surface area contributed by atoms with Gasteiger partial charge in [0.2, 0.25) is 11.8 Å². The van der Waals surface area contributed by atoms with Crippen LogP contribution in [0.25, 0.3) is 0 Å². The van der Waals surface area contributed by atoms with Crippen LogP contribution in [0, 0.1) is 5.92 Å². The number of hydrogen-bond acceptors (Lipinski definition) is 5. The first-order valence-corrected chi connectivity index (χ1v) is 6.60. The Morgan fingerprint density at radius 2 is 2.22 bits per heavy atom. The average molecular weight is 250 g/mol. The summed E-state index contributed by atoms with van der Waals surface area (Å²) in [4.78, 5) is 12.0. The molecule has 2 fully saturated rings. The van der Waals surface area contributed by atoms with Crippen LogP contribution in [0.5, 0.6) is 0 Å². The number of nitrogens with zero attached hydrogens (tertiary/aromatic N) is 2. The molecule has 2 atom stereocenters. The van der Waals surface area contributed by atoms with Gasteiger partial charge in [0.1, 0.15) is 0 Å². The molecule has 2 aliphatic rings. The van der Waals surface area contributed by atoms with Gasteiger partial charge in [-0.1, -0.05) is 5.10 Å². The Bertz CT molecular complexity index is 441. The van der Waals surface area contributed by atoms with E-state index >= 15 is 0 Å². The summed E-state index contributed by atoms with van der Waals surface area (Å²) < 4.78 is 5.43. The Balaban J connectivity index is 1.58. The molecule has 1 aliphatic carbocycles. The van der Waals surface area contributed by atoms with Crippen LogP contribution >= 0.6 is 0 Å². The van der Waals surface area contributed by atoms with E-state index in [2.05, 4.69) is 27.8 Å². The zero-order valence-corrected chi connectivity index (χ0v) is 10.5. The van der Waals surface area contributed by atoms with Crippen molar-refractivity contribution in [3.05, 3.63) is 5.89 Å². The number of amides is 1. The lowest BCUT2D eigenvalue weighted by atomic mass is 9.92. The molecule has 3 rings (SSSR count). The fourth-order valence-corrected chi connectivity index (χ4v) is 2.36. The topological polar surface area (TPSA) is 80.1 Å². The van der Waals surface area contributed by atoms with Crippen molar-refractivity contribution in [2.24, 2.45) is 5.92 Å². The summed E-state index contributed by atoms with van der Waals surface area (Å²) in [5, 5.41) is 13.9. The van der Waals surface area contributed by atoms with Gasteiger partial charge in [0, 0.05) is 17.9 Å². The monoisotopic (exact) mass is 250 g/mol. The molecule has 0 spiro atoms. The molecular weight excluding hydrogens is 232 g/mol. The lowest BCUT2D eigenvalue weighted by Gasteiger charge is -2.26. The number of piperidine rings is 1. The lowest BCUT2D eigenvalue weighted by molar-refractivity contribution is -0.121. The van der Waals surface area contributed by atoms with Crippen molar-refractivity contribution in [2.75, 3.05) is 11.9 Å². The third-order valence-corrected chi connectivity index (χ3v) is 3.59. The molecular formula is C12H18N4O2. The Morgan fingerprint density at radius 1 is 1.39 bits per heavy atom. The van der Waals surface area contributed by atoms with Gasteiger partial charge in [0.15, 0.2) is 0 Å². The highest BCUT2D eigenvalue weighted by Gasteiger charge is 2.30. The summed E-state index contributed by atoms with van der Waals surface area (Å²) in [5.41, 5.74) is 0. The average Bonchev–Trinajstić information content (AvgIpc) is 3.11. The third kappa shape index (κ3) is 2.53. The van der Waals surface area contributed by atoms with Gasteiger partial charge in [-0.25, -0.2) is 0 Å². The summed E-state index contributed by atoms with van der Waals surface area (Å²) in [6, 6.07) is 0.632. The molecule has 1 saturated carbocycles. The van der Waals surface area contributed by atoms with Gasteiger partial charge in [0.05, 0.1) is 0 Å². The van der Waals surface area contributed by atoms with Gasteiger partial charge in [-0.2, -0.15) is 0 Å². The molecule has 1 aromatic heterocycles. The van der Waals surface area contributed by atoms with E-state index in [0.717, 1.165) is 32.2 Å². The van der Waals surface area contributed by atoms with Crippen molar-refractivity contribution in [1.29, 1.82) is 0 Å². The van der Waals surface area contributed by atoms with Crippen LogP contribution in [0.3, 0.4) is 0 Å². The predicted molar refractivity (Wildman–Crippen MR) is 65.1 cm³/mol. The largest absolute Gasteiger partial charge is 0.408 e. The van der Waals surface area contributed by atoms with Crippen molar-refractivity contribution in [3.63, 3.8) is 0 Å². The van der Waals surface area contributed by atoms with E-state index in [-0.39, 0.29) is 17.8 Å². The maximum absolute atomic E-state index is 12.0. The van der Waals surface area contributed by atoms with E-state index in [1.807, 2.05) is 0 Å². The third-order valence-electron chi connectivity index (χ3n) is 3.59. The maximum Gasteiger partial charge on any atom is 0.322 e. The van der Waals surface area contributed by atoms with E-state index < -0.39 is 0 Å². The first-order valence-electron chi connectivity index (χ1n) is 6.60. The summed E-state index contributed by atoms with van der Waals surface area (Å²) >= 11 is 0. The molecule has 2 heterocycles. The quantitative estimate of drug-likeness (QED) is 0.844. The van der Waals surface area contributed by atoms with Crippen molar-refractivity contribution < 1.29 is 9.21 Å². The Morgan fingerprint density at radius 3 is 2.94 bits per heavy atom. The van der Waals surface area contributed by atoms with Crippen molar-refractivity contribution in [3.8, 4) is 0 Å². The number of rotatable bonds is 3. The van der Waals surface area contributed by atoms with E-state index in [4.69, 9.17) is 4.42 Å². The molecule has 18 heavy (non-hydrogen) atoms. The van der Waals surface area contributed by atoms with Crippen LogP contribution in [-0.4, -0.2) is 28.7 Å².